The number of aromatic nitrogens is 1. The van der Waals surface area contributed by atoms with Gasteiger partial charge in [-0.15, -0.1) is 0 Å². The van der Waals surface area contributed by atoms with E-state index in [1.54, 1.807) is 25.1 Å². The van der Waals surface area contributed by atoms with Gasteiger partial charge in [0.05, 0.1) is 5.69 Å². The second-order valence-corrected chi connectivity index (χ2v) is 7.36. The van der Waals surface area contributed by atoms with Crippen LogP contribution in [0.2, 0.25) is 0 Å². The quantitative estimate of drug-likeness (QED) is 0.200. The van der Waals surface area contributed by atoms with Crippen molar-refractivity contribution in [1.29, 1.82) is 0 Å². The van der Waals surface area contributed by atoms with Gasteiger partial charge in [-0.05, 0) is 44.2 Å². The fourth-order valence-corrected chi connectivity index (χ4v) is 2.90. The standard InChI is InChI=1S/C21H28N4O5S/c1-3-16-19(27)23-13(2)21(29)30-15(8-4-5-10-31)11-18(26)22-12-14-7-6-9-17(24-14)20(28)25-16/h3-4,6-9,13,15,18,22,26,31H,5,10-12H2,1-2H3,(H,23,27)(H,25,28)/b8-4+,16-3-/t13-,15-,18?/m1/s1. The highest BCUT2D eigenvalue weighted by molar-refractivity contribution is 7.80. The van der Waals surface area contributed by atoms with E-state index in [2.05, 4.69) is 33.6 Å². The molecule has 0 aromatic carbocycles. The Hall–Kier alpha value is -2.69. The number of fused-ring (bicyclic) bond motifs is 2. The molecule has 4 N–H and O–H groups in total. The third-order valence-electron chi connectivity index (χ3n) is 4.41. The van der Waals surface area contributed by atoms with Crippen LogP contribution in [-0.2, 0) is 20.9 Å². The number of thiol groups is 1. The molecule has 1 aliphatic rings. The molecule has 1 aromatic rings. The molecule has 1 unspecified atom stereocenters. The summed E-state index contributed by atoms with van der Waals surface area (Å²) in [7, 11) is 0. The first-order valence-corrected chi connectivity index (χ1v) is 10.6. The number of allylic oxidation sites excluding steroid dienone is 2. The van der Waals surface area contributed by atoms with E-state index in [1.165, 1.54) is 19.1 Å². The lowest BCUT2D eigenvalue weighted by Crippen LogP contribution is -2.45. The molecule has 2 amide bonds. The topological polar surface area (TPSA) is 130 Å². The maximum atomic E-state index is 12.5. The summed E-state index contributed by atoms with van der Waals surface area (Å²) < 4.78 is 5.47. The lowest BCUT2D eigenvalue weighted by atomic mass is 10.2. The average molecular weight is 449 g/mol. The van der Waals surface area contributed by atoms with Crippen molar-refractivity contribution in [1.82, 2.24) is 20.9 Å². The highest BCUT2D eigenvalue weighted by Crippen LogP contribution is 2.09. The molecule has 2 heterocycles. The van der Waals surface area contributed by atoms with Crippen LogP contribution < -0.4 is 16.0 Å². The van der Waals surface area contributed by atoms with Crippen molar-refractivity contribution < 1.29 is 24.2 Å². The van der Waals surface area contributed by atoms with Gasteiger partial charge in [0.15, 0.2) is 0 Å². The zero-order valence-corrected chi connectivity index (χ0v) is 18.4. The number of ether oxygens (including phenoxy) is 1. The summed E-state index contributed by atoms with van der Waals surface area (Å²) in [5, 5.41) is 18.3. The summed E-state index contributed by atoms with van der Waals surface area (Å²) in [6, 6.07) is 3.91. The first kappa shape index (κ1) is 24.6. The van der Waals surface area contributed by atoms with Crippen LogP contribution in [0.15, 0.2) is 42.1 Å². The zero-order chi connectivity index (χ0) is 22.8. The van der Waals surface area contributed by atoms with Crippen molar-refractivity contribution >= 4 is 30.4 Å². The van der Waals surface area contributed by atoms with Crippen LogP contribution in [0.3, 0.4) is 0 Å². The molecular formula is C21H28N4O5S. The molecule has 10 heteroatoms. The smallest absolute Gasteiger partial charge is 0.328 e. The van der Waals surface area contributed by atoms with E-state index in [9.17, 15) is 19.5 Å². The number of amides is 2. The van der Waals surface area contributed by atoms with Crippen LogP contribution >= 0.6 is 12.6 Å². The first-order chi connectivity index (χ1) is 14.8. The Balaban J connectivity index is 2.30. The van der Waals surface area contributed by atoms with Gasteiger partial charge in [-0.3, -0.25) is 14.9 Å². The number of hydrogen-bond donors (Lipinski definition) is 5. The minimum Gasteiger partial charge on any atom is -0.456 e. The number of pyridine rings is 1. The van der Waals surface area contributed by atoms with Crippen molar-refractivity contribution in [3.63, 3.8) is 0 Å². The van der Waals surface area contributed by atoms with E-state index in [0.29, 0.717) is 17.9 Å². The Morgan fingerprint density at radius 3 is 2.77 bits per heavy atom. The van der Waals surface area contributed by atoms with Crippen LogP contribution in [-0.4, -0.2) is 52.0 Å². The average Bonchev–Trinajstić information content (AvgIpc) is 2.75. The minimum absolute atomic E-state index is 0.0114. The van der Waals surface area contributed by atoms with Crippen LogP contribution in [0.5, 0.6) is 0 Å². The summed E-state index contributed by atoms with van der Waals surface area (Å²) in [4.78, 5) is 41.8. The molecule has 1 aliphatic heterocycles. The summed E-state index contributed by atoms with van der Waals surface area (Å²) in [5.74, 6) is -1.23. The van der Waals surface area contributed by atoms with Crippen LogP contribution in [0, 0.1) is 0 Å². The van der Waals surface area contributed by atoms with E-state index < -0.39 is 36.2 Å². The fourth-order valence-electron chi connectivity index (χ4n) is 2.75. The van der Waals surface area contributed by atoms with E-state index in [-0.39, 0.29) is 24.4 Å². The minimum atomic E-state index is -0.995. The number of cyclic esters (lactones) is 1. The van der Waals surface area contributed by atoms with Gasteiger partial charge in [0.25, 0.3) is 11.8 Å². The van der Waals surface area contributed by atoms with E-state index in [4.69, 9.17) is 4.74 Å². The lowest BCUT2D eigenvalue weighted by Gasteiger charge is -2.22. The van der Waals surface area contributed by atoms with Crippen molar-refractivity contribution in [2.75, 3.05) is 5.75 Å². The summed E-state index contributed by atoms with van der Waals surface area (Å²) in [6.45, 7) is 3.26. The number of carbonyl (C=O) groups excluding carboxylic acids is 3. The number of hydrogen-bond acceptors (Lipinski definition) is 8. The predicted octanol–water partition coefficient (Wildman–Crippen LogP) is 0.819. The number of nitrogens with zero attached hydrogens (tertiary/aromatic N) is 1. The van der Waals surface area contributed by atoms with Crippen LogP contribution in [0.1, 0.15) is 42.9 Å². The van der Waals surface area contributed by atoms with Crippen molar-refractivity contribution in [2.45, 2.75) is 51.6 Å². The monoisotopic (exact) mass is 448 g/mol. The third kappa shape index (κ3) is 7.82. The van der Waals surface area contributed by atoms with Gasteiger partial charge in [0, 0.05) is 13.0 Å². The Morgan fingerprint density at radius 1 is 1.29 bits per heavy atom. The SMILES string of the molecule is C/C=C1\NC(=O)c2cccc(n2)CNC(O)C[C@@H](/C=C/CCS)OC(=O)[C@@H](C)NC1=O. The Bertz CT molecular complexity index is 858. The van der Waals surface area contributed by atoms with Gasteiger partial charge in [-0.25, -0.2) is 9.78 Å². The summed E-state index contributed by atoms with van der Waals surface area (Å²) in [6.07, 6.45) is 4.00. The summed E-state index contributed by atoms with van der Waals surface area (Å²) in [5.41, 5.74) is 0.633. The maximum Gasteiger partial charge on any atom is 0.328 e. The molecule has 2 bridgehead atoms. The number of nitrogens with one attached hydrogen (secondary N) is 3. The lowest BCUT2D eigenvalue weighted by molar-refractivity contribution is -0.151. The second kappa shape index (κ2) is 12.2. The number of aliphatic hydroxyl groups excluding tert-OH is 1. The molecule has 31 heavy (non-hydrogen) atoms. The van der Waals surface area contributed by atoms with Gasteiger partial charge >= 0.3 is 5.97 Å². The second-order valence-electron chi connectivity index (χ2n) is 6.91. The highest BCUT2D eigenvalue weighted by Gasteiger charge is 2.24. The fraction of sp³-hybridized carbons (Fsp3) is 0.429. The normalized spacial score (nSPS) is 25.2. The number of carbonyl (C=O) groups is 3. The molecule has 0 fully saturated rings. The molecule has 3 atom stereocenters. The van der Waals surface area contributed by atoms with Gasteiger partial charge in [0.1, 0.15) is 29.8 Å². The van der Waals surface area contributed by atoms with Crippen molar-refractivity contribution in [3.8, 4) is 0 Å². The molecular weight excluding hydrogens is 420 g/mol. The van der Waals surface area contributed by atoms with Gasteiger partial charge < -0.3 is 20.5 Å². The molecule has 9 nitrogen and oxygen atoms in total. The van der Waals surface area contributed by atoms with Crippen molar-refractivity contribution in [2.24, 2.45) is 0 Å². The molecule has 0 radical (unpaired) electrons. The Morgan fingerprint density at radius 2 is 2.06 bits per heavy atom. The van der Waals surface area contributed by atoms with Crippen LogP contribution in [0.4, 0.5) is 0 Å². The van der Waals surface area contributed by atoms with Gasteiger partial charge in [-0.1, -0.05) is 18.2 Å². The molecule has 0 aliphatic carbocycles. The van der Waals surface area contributed by atoms with Crippen LogP contribution in [0.25, 0.3) is 0 Å². The zero-order valence-electron chi connectivity index (χ0n) is 17.5. The van der Waals surface area contributed by atoms with E-state index >= 15 is 0 Å². The molecule has 1 aromatic heterocycles. The Labute approximate surface area is 186 Å². The molecule has 168 valence electrons. The van der Waals surface area contributed by atoms with E-state index in [1.807, 2.05) is 6.08 Å². The highest BCUT2D eigenvalue weighted by atomic mass is 32.1. The third-order valence-corrected chi connectivity index (χ3v) is 4.67. The summed E-state index contributed by atoms with van der Waals surface area (Å²) >= 11 is 4.15. The molecule has 0 saturated carbocycles. The van der Waals surface area contributed by atoms with Crippen molar-refractivity contribution in [3.05, 3.63) is 53.5 Å². The number of esters is 1. The molecule has 0 saturated heterocycles. The Kier molecular flexibility index (Phi) is 9.70. The number of rotatable bonds is 3. The van der Waals surface area contributed by atoms with Gasteiger partial charge in [-0.2, -0.15) is 12.6 Å². The molecule has 2 rings (SSSR count). The first-order valence-electron chi connectivity index (χ1n) is 9.98. The molecule has 0 spiro atoms. The van der Waals surface area contributed by atoms with Gasteiger partial charge in [0.2, 0.25) is 0 Å². The maximum absolute atomic E-state index is 12.5. The largest absolute Gasteiger partial charge is 0.456 e. The number of aliphatic hydroxyl groups is 1. The predicted molar refractivity (Wildman–Crippen MR) is 118 cm³/mol. The van der Waals surface area contributed by atoms with E-state index in [0.717, 1.165) is 0 Å².